The van der Waals surface area contributed by atoms with E-state index in [0.29, 0.717) is 12.8 Å². The van der Waals surface area contributed by atoms with E-state index in [1.54, 1.807) is 6.08 Å². The number of carbonyl (C=O) groups is 2. The number of carboxylic acid groups (broad SMARTS) is 1. The van der Waals surface area contributed by atoms with Gasteiger partial charge < -0.3 is 20.1 Å². The van der Waals surface area contributed by atoms with Crippen molar-refractivity contribution in [2.45, 2.75) is 46.1 Å². The smallest absolute Gasteiger partial charge is 0.330 e. The molecule has 0 aromatic heterocycles. The molecule has 0 rings (SSSR count). The lowest BCUT2D eigenvalue weighted by atomic mass is 9.85. The van der Waals surface area contributed by atoms with Crippen LogP contribution in [-0.2, 0) is 14.3 Å². The van der Waals surface area contributed by atoms with Crippen molar-refractivity contribution in [2.24, 2.45) is 11.8 Å². The summed E-state index contributed by atoms with van der Waals surface area (Å²) in [5, 5.41) is 26.9. The molecule has 0 saturated heterocycles. The molecule has 0 aliphatic rings. The molecule has 3 unspecified atom stereocenters. The number of aliphatic hydroxyl groups is 2. The fourth-order valence-corrected chi connectivity index (χ4v) is 2.11. The highest BCUT2D eigenvalue weighted by Gasteiger charge is 2.27. The molecule has 21 heavy (non-hydrogen) atoms. The average molecular weight is 302 g/mol. The first-order chi connectivity index (χ1) is 9.87. The van der Waals surface area contributed by atoms with Gasteiger partial charge in [0.15, 0.2) is 0 Å². The molecule has 3 atom stereocenters. The third-order valence-electron chi connectivity index (χ3n) is 3.31. The second kappa shape index (κ2) is 10.3. The molecule has 0 saturated carbocycles. The topological polar surface area (TPSA) is 104 Å². The molecular formula is C15H26O6. The minimum atomic E-state index is -1.09. The van der Waals surface area contributed by atoms with Gasteiger partial charge in [-0.25, -0.2) is 4.79 Å². The van der Waals surface area contributed by atoms with Crippen molar-refractivity contribution < 1.29 is 29.6 Å². The van der Waals surface area contributed by atoms with Crippen molar-refractivity contribution >= 4 is 11.9 Å². The zero-order valence-corrected chi connectivity index (χ0v) is 12.9. The maximum Gasteiger partial charge on any atom is 0.330 e. The lowest BCUT2D eigenvalue weighted by Gasteiger charge is -2.22. The van der Waals surface area contributed by atoms with Crippen molar-refractivity contribution in [1.82, 2.24) is 0 Å². The van der Waals surface area contributed by atoms with Crippen LogP contribution in [0.2, 0.25) is 0 Å². The minimum Gasteiger partial charge on any atom is -0.478 e. The number of allylic oxidation sites excluding steroid dienone is 1. The van der Waals surface area contributed by atoms with Crippen LogP contribution in [0, 0.1) is 11.8 Å². The van der Waals surface area contributed by atoms with Crippen LogP contribution in [0.1, 0.15) is 40.0 Å². The molecule has 6 heteroatoms. The highest BCUT2D eigenvalue weighted by atomic mass is 16.5. The monoisotopic (exact) mass is 302 g/mol. The summed E-state index contributed by atoms with van der Waals surface area (Å²) in [7, 11) is 0. The third kappa shape index (κ3) is 7.24. The third-order valence-corrected chi connectivity index (χ3v) is 3.31. The van der Waals surface area contributed by atoms with Crippen molar-refractivity contribution in [1.29, 1.82) is 0 Å². The van der Waals surface area contributed by atoms with Crippen LogP contribution >= 0.6 is 0 Å². The molecular weight excluding hydrogens is 276 g/mol. The van der Waals surface area contributed by atoms with E-state index in [1.165, 1.54) is 6.92 Å². The fraction of sp³-hybridized carbons (Fsp3) is 0.733. The van der Waals surface area contributed by atoms with E-state index in [4.69, 9.17) is 14.9 Å². The van der Waals surface area contributed by atoms with E-state index in [1.807, 2.05) is 13.8 Å². The number of hydrogen-bond donors (Lipinski definition) is 3. The van der Waals surface area contributed by atoms with E-state index < -0.39 is 30.6 Å². The van der Waals surface area contributed by atoms with Gasteiger partial charge in [-0.2, -0.15) is 0 Å². The predicted octanol–water partition coefficient (Wildman–Crippen LogP) is 1.36. The van der Waals surface area contributed by atoms with Crippen LogP contribution in [0.5, 0.6) is 0 Å². The largest absolute Gasteiger partial charge is 0.478 e. The van der Waals surface area contributed by atoms with Crippen molar-refractivity contribution in [2.75, 3.05) is 13.2 Å². The number of rotatable bonds is 10. The summed E-state index contributed by atoms with van der Waals surface area (Å²) in [5.41, 5.74) is 0.204. The van der Waals surface area contributed by atoms with Gasteiger partial charge in [-0.3, -0.25) is 4.79 Å². The van der Waals surface area contributed by atoms with Gasteiger partial charge in [0.1, 0.15) is 12.7 Å². The Morgan fingerprint density at radius 2 is 1.90 bits per heavy atom. The Morgan fingerprint density at radius 3 is 2.33 bits per heavy atom. The summed E-state index contributed by atoms with van der Waals surface area (Å²) in [6, 6.07) is 0. The average Bonchev–Trinajstić information content (AvgIpc) is 2.45. The normalized spacial score (nSPS) is 16.1. The highest BCUT2D eigenvalue weighted by molar-refractivity contribution is 5.86. The van der Waals surface area contributed by atoms with Gasteiger partial charge in [0, 0.05) is 5.57 Å². The lowest BCUT2D eigenvalue weighted by Crippen LogP contribution is -2.29. The highest BCUT2D eigenvalue weighted by Crippen LogP contribution is 2.25. The number of esters is 1. The molecule has 0 radical (unpaired) electrons. The quantitative estimate of drug-likeness (QED) is 0.416. The molecule has 0 heterocycles. The van der Waals surface area contributed by atoms with Gasteiger partial charge in [0.2, 0.25) is 0 Å². The molecule has 0 spiro atoms. The first-order valence-corrected chi connectivity index (χ1v) is 7.24. The van der Waals surface area contributed by atoms with E-state index >= 15 is 0 Å². The number of aliphatic hydroxyl groups excluding tert-OH is 2. The summed E-state index contributed by atoms with van der Waals surface area (Å²) >= 11 is 0. The molecule has 0 aromatic carbocycles. The SMILES string of the molecule is CCCC(C=C(C)C(=O)O)C(CC)C(=O)OCC(O)CO. The first-order valence-electron chi connectivity index (χ1n) is 7.24. The van der Waals surface area contributed by atoms with Gasteiger partial charge in [0.25, 0.3) is 0 Å². The van der Waals surface area contributed by atoms with Crippen LogP contribution in [0.4, 0.5) is 0 Å². The lowest BCUT2D eigenvalue weighted by molar-refractivity contribution is -0.154. The summed E-state index contributed by atoms with van der Waals surface area (Å²) in [6.45, 7) is 4.57. The molecule has 0 bridgehead atoms. The molecule has 0 aliphatic heterocycles. The van der Waals surface area contributed by atoms with Gasteiger partial charge in [-0.05, 0) is 25.7 Å². The van der Waals surface area contributed by atoms with Crippen LogP contribution in [-0.4, -0.2) is 46.6 Å². The molecule has 0 amide bonds. The van der Waals surface area contributed by atoms with Crippen molar-refractivity contribution in [3.63, 3.8) is 0 Å². The second-order valence-electron chi connectivity index (χ2n) is 5.09. The number of carboxylic acids is 1. The Bertz CT molecular complexity index is 363. The Morgan fingerprint density at radius 1 is 1.29 bits per heavy atom. The molecule has 6 nitrogen and oxygen atoms in total. The number of carbonyl (C=O) groups excluding carboxylic acids is 1. The molecule has 0 fully saturated rings. The molecule has 0 aromatic rings. The van der Waals surface area contributed by atoms with Gasteiger partial charge in [-0.15, -0.1) is 0 Å². The number of aliphatic carboxylic acids is 1. The van der Waals surface area contributed by atoms with Crippen molar-refractivity contribution in [3.8, 4) is 0 Å². The summed E-state index contributed by atoms with van der Waals surface area (Å²) < 4.78 is 4.99. The van der Waals surface area contributed by atoms with E-state index in [2.05, 4.69) is 0 Å². The summed E-state index contributed by atoms with van der Waals surface area (Å²) in [6.07, 6.45) is 2.52. The van der Waals surface area contributed by atoms with Crippen LogP contribution in [0.15, 0.2) is 11.6 Å². The van der Waals surface area contributed by atoms with Crippen LogP contribution in [0.25, 0.3) is 0 Å². The summed E-state index contributed by atoms with van der Waals surface area (Å²) in [4.78, 5) is 23.0. The Labute approximate surface area is 125 Å². The first kappa shape index (κ1) is 19.6. The molecule has 122 valence electrons. The van der Waals surface area contributed by atoms with Crippen molar-refractivity contribution in [3.05, 3.63) is 11.6 Å². The second-order valence-corrected chi connectivity index (χ2v) is 5.09. The van der Waals surface area contributed by atoms with E-state index in [9.17, 15) is 14.7 Å². The zero-order chi connectivity index (χ0) is 16.4. The Kier molecular flexibility index (Phi) is 9.65. The Hall–Kier alpha value is -1.40. The number of ether oxygens (including phenoxy) is 1. The van der Waals surface area contributed by atoms with Gasteiger partial charge >= 0.3 is 11.9 Å². The zero-order valence-electron chi connectivity index (χ0n) is 12.9. The molecule has 0 aliphatic carbocycles. The van der Waals surface area contributed by atoms with Gasteiger partial charge in [0.05, 0.1) is 12.5 Å². The van der Waals surface area contributed by atoms with E-state index in [0.717, 1.165) is 6.42 Å². The standard InChI is InChI=1S/C15H26O6/c1-4-6-11(7-10(3)14(18)19)13(5-2)15(20)21-9-12(17)8-16/h7,11-13,16-17H,4-6,8-9H2,1-3H3,(H,18,19). The summed E-state index contributed by atoms with van der Waals surface area (Å²) in [5.74, 6) is -2.15. The molecule has 3 N–H and O–H groups in total. The van der Waals surface area contributed by atoms with Crippen LogP contribution < -0.4 is 0 Å². The minimum absolute atomic E-state index is 0.204. The van der Waals surface area contributed by atoms with Gasteiger partial charge in [-0.1, -0.05) is 26.3 Å². The fourth-order valence-electron chi connectivity index (χ4n) is 2.11. The maximum absolute atomic E-state index is 12.1. The van der Waals surface area contributed by atoms with E-state index in [-0.39, 0.29) is 18.1 Å². The Balaban J connectivity index is 4.93. The van der Waals surface area contributed by atoms with Crippen LogP contribution in [0.3, 0.4) is 0 Å². The number of hydrogen-bond acceptors (Lipinski definition) is 5. The predicted molar refractivity (Wildman–Crippen MR) is 77.6 cm³/mol. The maximum atomic E-state index is 12.1.